The highest BCUT2D eigenvalue weighted by atomic mass is 79.9. The fourth-order valence-electron chi connectivity index (χ4n) is 1.62. The van der Waals surface area contributed by atoms with Gasteiger partial charge in [-0.3, -0.25) is 4.79 Å². The summed E-state index contributed by atoms with van der Waals surface area (Å²) in [6.45, 7) is 1.95. The lowest BCUT2D eigenvalue weighted by atomic mass is 10.1. The van der Waals surface area contributed by atoms with Crippen LogP contribution in [0.25, 0.3) is 0 Å². The van der Waals surface area contributed by atoms with Gasteiger partial charge in [0.05, 0.1) is 5.56 Å². The molecule has 92 valence electrons. The number of carbonyl (C=O) groups is 1. The van der Waals surface area contributed by atoms with Crippen LogP contribution in [0.3, 0.4) is 0 Å². The van der Waals surface area contributed by atoms with Crippen LogP contribution in [0.5, 0.6) is 0 Å². The second-order valence-electron chi connectivity index (χ2n) is 3.93. The zero-order valence-electron chi connectivity index (χ0n) is 9.77. The fraction of sp³-hybridized carbons (Fsp3) is 0.0714. The Morgan fingerprint density at radius 1 is 1.22 bits per heavy atom. The Hall–Kier alpha value is -1.26. The minimum atomic E-state index is -0.147. The van der Waals surface area contributed by atoms with Crippen LogP contribution >= 0.6 is 28.6 Å². The highest BCUT2D eigenvalue weighted by Gasteiger charge is 2.10. The van der Waals surface area contributed by atoms with Crippen LogP contribution in [0.4, 0.5) is 5.69 Å². The molecule has 0 aliphatic heterocycles. The van der Waals surface area contributed by atoms with Crippen molar-refractivity contribution < 1.29 is 4.79 Å². The third kappa shape index (κ3) is 2.94. The molecule has 0 aliphatic rings. The molecule has 1 amide bonds. The second kappa shape index (κ2) is 5.59. The maximum Gasteiger partial charge on any atom is 0.256 e. The van der Waals surface area contributed by atoms with Gasteiger partial charge in [0.1, 0.15) is 0 Å². The van der Waals surface area contributed by atoms with Crippen molar-refractivity contribution in [3.63, 3.8) is 0 Å². The summed E-state index contributed by atoms with van der Waals surface area (Å²) in [4.78, 5) is 12.8. The van der Waals surface area contributed by atoms with E-state index in [2.05, 4.69) is 33.9 Å². The third-order valence-electron chi connectivity index (χ3n) is 2.59. The molecule has 0 spiro atoms. The molecule has 0 fully saturated rings. The predicted molar refractivity (Wildman–Crippen MR) is 80.5 cm³/mol. The molecule has 0 bridgehead atoms. The number of halogens is 1. The molecular formula is C14H12BrNOS. The van der Waals surface area contributed by atoms with Crippen molar-refractivity contribution in [3.05, 3.63) is 58.1 Å². The van der Waals surface area contributed by atoms with Gasteiger partial charge in [0.15, 0.2) is 0 Å². The molecule has 0 saturated heterocycles. The van der Waals surface area contributed by atoms with Gasteiger partial charge in [0, 0.05) is 15.1 Å². The number of hydrogen-bond donors (Lipinski definition) is 2. The number of rotatable bonds is 2. The maximum absolute atomic E-state index is 12.1. The lowest BCUT2D eigenvalue weighted by molar-refractivity contribution is 0.102. The van der Waals surface area contributed by atoms with Crippen molar-refractivity contribution in [3.8, 4) is 0 Å². The number of nitrogens with one attached hydrogen (secondary N) is 1. The number of thiol groups is 1. The Morgan fingerprint density at radius 3 is 2.61 bits per heavy atom. The standard InChI is InChI=1S/C14H12BrNOS/c1-9-8-10(15)6-7-12(9)16-14(17)11-4-2-3-5-13(11)18/h2-8,18H,1H3,(H,16,17). The molecule has 0 radical (unpaired) electrons. The van der Waals surface area contributed by atoms with Crippen molar-refractivity contribution in [1.82, 2.24) is 0 Å². The fourth-order valence-corrected chi connectivity index (χ4v) is 2.36. The van der Waals surface area contributed by atoms with Crippen LogP contribution < -0.4 is 5.32 Å². The number of anilines is 1. The highest BCUT2D eigenvalue weighted by Crippen LogP contribution is 2.21. The topological polar surface area (TPSA) is 29.1 Å². The van der Waals surface area contributed by atoms with Gasteiger partial charge in [-0.2, -0.15) is 0 Å². The van der Waals surface area contributed by atoms with E-state index in [9.17, 15) is 4.79 Å². The molecule has 0 atom stereocenters. The Balaban J connectivity index is 2.24. The van der Waals surface area contributed by atoms with E-state index in [0.29, 0.717) is 10.5 Å². The summed E-state index contributed by atoms with van der Waals surface area (Å²) in [5.74, 6) is -0.147. The number of carbonyl (C=O) groups excluding carboxylic acids is 1. The van der Waals surface area contributed by atoms with Gasteiger partial charge in [-0.1, -0.05) is 28.1 Å². The largest absolute Gasteiger partial charge is 0.322 e. The Morgan fingerprint density at radius 2 is 1.94 bits per heavy atom. The quantitative estimate of drug-likeness (QED) is 0.793. The number of hydrogen-bond acceptors (Lipinski definition) is 2. The summed E-state index contributed by atoms with van der Waals surface area (Å²) in [5.41, 5.74) is 2.39. The molecule has 4 heteroatoms. The first-order valence-corrected chi connectivity index (χ1v) is 6.67. The lowest BCUT2D eigenvalue weighted by Crippen LogP contribution is -2.13. The van der Waals surface area contributed by atoms with Gasteiger partial charge in [-0.15, -0.1) is 12.6 Å². The average Bonchev–Trinajstić information content (AvgIpc) is 2.33. The summed E-state index contributed by atoms with van der Waals surface area (Å²) >= 11 is 7.67. The number of amides is 1. The molecule has 0 aliphatic carbocycles. The van der Waals surface area contributed by atoms with E-state index in [1.807, 2.05) is 37.3 Å². The van der Waals surface area contributed by atoms with Crippen LogP contribution in [0.2, 0.25) is 0 Å². The minimum Gasteiger partial charge on any atom is -0.322 e. The summed E-state index contributed by atoms with van der Waals surface area (Å²) in [5, 5.41) is 2.89. The number of aryl methyl sites for hydroxylation is 1. The predicted octanol–water partition coefficient (Wildman–Crippen LogP) is 4.30. The van der Waals surface area contributed by atoms with Crippen molar-refractivity contribution in [2.45, 2.75) is 11.8 Å². The van der Waals surface area contributed by atoms with E-state index in [1.54, 1.807) is 12.1 Å². The van der Waals surface area contributed by atoms with Crippen molar-refractivity contribution in [1.29, 1.82) is 0 Å². The second-order valence-corrected chi connectivity index (χ2v) is 5.33. The Labute approximate surface area is 120 Å². The molecule has 1 N–H and O–H groups in total. The van der Waals surface area contributed by atoms with Gasteiger partial charge < -0.3 is 5.32 Å². The van der Waals surface area contributed by atoms with E-state index in [4.69, 9.17) is 0 Å². The summed E-state index contributed by atoms with van der Waals surface area (Å²) in [6.07, 6.45) is 0. The van der Waals surface area contributed by atoms with Crippen LogP contribution in [-0.2, 0) is 0 Å². The minimum absolute atomic E-state index is 0.147. The normalized spacial score (nSPS) is 10.2. The molecule has 0 unspecified atom stereocenters. The molecule has 2 aromatic carbocycles. The molecule has 0 aromatic heterocycles. The molecular weight excluding hydrogens is 310 g/mol. The molecule has 2 nitrogen and oxygen atoms in total. The monoisotopic (exact) mass is 321 g/mol. The van der Waals surface area contributed by atoms with Crippen molar-refractivity contribution >= 4 is 40.2 Å². The molecule has 18 heavy (non-hydrogen) atoms. The lowest BCUT2D eigenvalue weighted by Gasteiger charge is -2.09. The van der Waals surface area contributed by atoms with Gasteiger partial charge in [0.25, 0.3) is 5.91 Å². The van der Waals surface area contributed by atoms with E-state index in [-0.39, 0.29) is 5.91 Å². The Bertz CT molecular complexity index is 598. The first kappa shape index (κ1) is 13.2. The SMILES string of the molecule is Cc1cc(Br)ccc1NC(=O)c1ccccc1S. The van der Waals surface area contributed by atoms with E-state index in [1.165, 1.54) is 0 Å². The smallest absolute Gasteiger partial charge is 0.256 e. The van der Waals surface area contributed by atoms with Crippen LogP contribution in [0.15, 0.2) is 51.8 Å². The maximum atomic E-state index is 12.1. The highest BCUT2D eigenvalue weighted by molar-refractivity contribution is 9.10. The van der Waals surface area contributed by atoms with Crippen LogP contribution in [-0.4, -0.2) is 5.91 Å². The molecule has 2 aromatic rings. The first-order chi connectivity index (χ1) is 8.58. The first-order valence-electron chi connectivity index (χ1n) is 5.43. The average molecular weight is 322 g/mol. The van der Waals surface area contributed by atoms with Gasteiger partial charge in [0.2, 0.25) is 0 Å². The molecule has 2 rings (SSSR count). The van der Waals surface area contributed by atoms with Crippen LogP contribution in [0.1, 0.15) is 15.9 Å². The zero-order chi connectivity index (χ0) is 13.1. The summed E-state index contributed by atoms with van der Waals surface area (Å²) in [6, 6.07) is 13.0. The third-order valence-corrected chi connectivity index (χ3v) is 3.47. The summed E-state index contributed by atoms with van der Waals surface area (Å²) < 4.78 is 0.993. The van der Waals surface area contributed by atoms with Crippen molar-refractivity contribution in [2.24, 2.45) is 0 Å². The van der Waals surface area contributed by atoms with Gasteiger partial charge >= 0.3 is 0 Å². The van der Waals surface area contributed by atoms with E-state index >= 15 is 0 Å². The zero-order valence-corrected chi connectivity index (χ0v) is 12.3. The van der Waals surface area contributed by atoms with Crippen LogP contribution in [0, 0.1) is 6.92 Å². The molecule has 0 heterocycles. The van der Waals surface area contributed by atoms with Crippen molar-refractivity contribution in [2.75, 3.05) is 5.32 Å². The van der Waals surface area contributed by atoms with Gasteiger partial charge in [-0.05, 0) is 42.8 Å². The molecule has 0 saturated carbocycles. The van der Waals surface area contributed by atoms with E-state index in [0.717, 1.165) is 15.7 Å². The van der Waals surface area contributed by atoms with Gasteiger partial charge in [-0.25, -0.2) is 0 Å². The Kier molecular flexibility index (Phi) is 4.09. The van der Waals surface area contributed by atoms with E-state index < -0.39 is 0 Å². The number of benzene rings is 2. The summed E-state index contributed by atoms with van der Waals surface area (Å²) in [7, 11) is 0.